The molecule has 1 aromatic rings. The van der Waals surface area contributed by atoms with Gasteiger partial charge in [-0.05, 0) is 51.5 Å². The number of benzene rings is 1. The number of nitrogens with two attached hydrogens (primary N) is 1. The lowest BCUT2D eigenvalue weighted by Gasteiger charge is -2.34. The van der Waals surface area contributed by atoms with Crippen molar-refractivity contribution < 1.29 is 39.3 Å². The van der Waals surface area contributed by atoms with Crippen molar-refractivity contribution in [2.75, 3.05) is 13.1 Å². The van der Waals surface area contributed by atoms with E-state index in [0.29, 0.717) is 25.7 Å². The largest absolute Gasteiger partial charge is 0.480 e. The van der Waals surface area contributed by atoms with Crippen molar-refractivity contribution in [3.8, 4) is 0 Å². The van der Waals surface area contributed by atoms with Crippen LogP contribution in [0.5, 0.6) is 0 Å². The number of carbonyl (C=O) groups excluding carboxylic acids is 4. The summed E-state index contributed by atoms with van der Waals surface area (Å²) in [6.45, 7) is 3.07. The predicted molar refractivity (Wildman–Crippen MR) is 142 cm³/mol. The number of aliphatic carboxylic acids is 1. The second kappa shape index (κ2) is 13.7. The zero-order valence-electron chi connectivity index (χ0n) is 22.7. The summed E-state index contributed by atoms with van der Waals surface area (Å²) in [6.07, 6.45) is -0.745. The maximum atomic E-state index is 13.6. The van der Waals surface area contributed by atoms with Crippen molar-refractivity contribution in [1.29, 1.82) is 0 Å². The first kappa shape index (κ1) is 31.0. The number of carboxylic acids is 1. The smallest absolute Gasteiger partial charge is 0.328 e. The number of hydrogen-bond acceptors (Lipinski definition) is 8. The van der Waals surface area contributed by atoms with E-state index in [1.165, 1.54) is 23.6 Å². The highest BCUT2D eigenvalue weighted by Crippen LogP contribution is 2.26. The van der Waals surface area contributed by atoms with Gasteiger partial charge in [0, 0.05) is 13.1 Å². The minimum absolute atomic E-state index is 0.220. The lowest BCUT2D eigenvalue weighted by Crippen LogP contribution is -2.60. The van der Waals surface area contributed by atoms with Gasteiger partial charge in [-0.25, -0.2) is 4.79 Å². The average molecular weight is 562 g/mol. The predicted octanol–water partition coefficient (Wildman–Crippen LogP) is -1.65. The molecule has 0 radical (unpaired) electrons. The number of carboxylic acid groups (broad SMARTS) is 1. The van der Waals surface area contributed by atoms with E-state index in [0.717, 1.165) is 5.56 Å². The number of aliphatic hydroxyl groups is 2. The molecule has 0 bridgehead atoms. The summed E-state index contributed by atoms with van der Waals surface area (Å²) in [5.74, 6) is -3.82. The monoisotopic (exact) mass is 561 g/mol. The molecule has 3 rings (SSSR count). The first-order valence-corrected chi connectivity index (χ1v) is 13.5. The summed E-state index contributed by atoms with van der Waals surface area (Å²) in [6, 6.07) is 3.43. The van der Waals surface area contributed by atoms with E-state index in [9.17, 15) is 39.3 Å². The maximum absolute atomic E-state index is 13.6. The van der Waals surface area contributed by atoms with Gasteiger partial charge in [0.25, 0.3) is 0 Å². The van der Waals surface area contributed by atoms with Crippen molar-refractivity contribution in [3.63, 3.8) is 0 Å². The third-order valence-corrected chi connectivity index (χ3v) is 7.39. The summed E-state index contributed by atoms with van der Waals surface area (Å²) in [7, 11) is 0. The highest BCUT2D eigenvalue weighted by Gasteiger charge is 2.45. The summed E-state index contributed by atoms with van der Waals surface area (Å²) >= 11 is 0. The van der Waals surface area contributed by atoms with Crippen LogP contribution < -0.4 is 16.4 Å². The molecule has 7 atom stereocenters. The van der Waals surface area contributed by atoms with Crippen LogP contribution in [0.2, 0.25) is 0 Å². The van der Waals surface area contributed by atoms with E-state index in [2.05, 4.69) is 10.6 Å². The molecule has 40 heavy (non-hydrogen) atoms. The first-order valence-electron chi connectivity index (χ1n) is 13.5. The SMILES string of the molecule is C[C@@H](O)[C@H](NC(=O)[C@@H]1CCCN1C(=O)[C@@H]1CCCN1C(=O)[C@@H](NC(=O)[C@@H](N)Cc1ccccc1)[C@@H](C)O)C(=O)O. The Kier molecular flexibility index (Phi) is 10.6. The van der Waals surface area contributed by atoms with Gasteiger partial charge in [-0.1, -0.05) is 30.3 Å². The number of likely N-dealkylation sites (tertiary alicyclic amines) is 2. The highest BCUT2D eigenvalue weighted by molar-refractivity contribution is 5.96. The quantitative estimate of drug-likeness (QED) is 0.183. The lowest BCUT2D eigenvalue weighted by molar-refractivity contribution is -0.150. The van der Waals surface area contributed by atoms with Gasteiger partial charge < -0.3 is 41.5 Å². The Morgan fingerprint density at radius 1 is 0.900 bits per heavy atom. The van der Waals surface area contributed by atoms with E-state index < -0.39 is 72.0 Å². The molecule has 0 aliphatic carbocycles. The topological polar surface area (TPSA) is 203 Å². The fourth-order valence-electron chi connectivity index (χ4n) is 5.21. The van der Waals surface area contributed by atoms with Crippen molar-refractivity contribution in [3.05, 3.63) is 35.9 Å². The van der Waals surface area contributed by atoms with Crippen LogP contribution in [0.3, 0.4) is 0 Å². The van der Waals surface area contributed by atoms with Gasteiger partial charge in [0.15, 0.2) is 6.04 Å². The first-order chi connectivity index (χ1) is 18.9. The van der Waals surface area contributed by atoms with Gasteiger partial charge in [0.2, 0.25) is 23.6 Å². The van der Waals surface area contributed by atoms with Gasteiger partial charge in [-0.3, -0.25) is 19.2 Å². The highest BCUT2D eigenvalue weighted by atomic mass is 16.4. The molecule has 2 aliphatic heterocycles. The summed E-state index contributed by atoms with van der Waals surface area (Å²) in [5.41, 5.74) is 6.89. The van der Waals surface area contributed by atoms with Gasteiger partial charge in [-0.15, -0.1) is 0 Å². The van der Waals surface area contributed by atoms with E-state index in [4.69, 9.17) is 5.73 Å². The van der Waals surface area contributed by atoms with Gasteiger partial charge in [0.1, 0.15) is 18.1 Å². The summed E-state index contributed by atoms with van der Waals surface area (Å²) in [5, 5.41) is 34.2. The number of nitrogens with one attached hydrogen (secondary N) is 2. The third-order valence-electron chi connectivity index (χ3n) is 7.39. The van der Waals surface area contributed by atoms with Crippen molar-refractivity contribution >= 4 is 29.6 Å². The number of hydrogen-bond donors (Lipinski definition) is 6. The number of nitrogens with zero attached hydrogens (tertiary/aromatic N) is 2. The molecule has 2 saturated heterocycles. The molecule has 7 N–H and O–H groups in total. The van der Waals surface area contributed by atoms with E-state index in [-0.39, 0.29) is 19.5 Å². The van der Waals surface area contributed by atoms with Crippen LogP contribution in [0.15, 0.2) is 30.3 Å². The number of rotatable bonds is 11. The summed E-state index contributed by atoms with van der Waals surface area (Å²) < 4.78 is 0. The number of aliphatic hydroxyl groups excluding tert-OH is 2. The molecule has 0 aromatic heterocycles. The lowest BCUT2D eigenvalue weighted by atomic mass is 10.0. The molecule has 2 aliphatic rings. The fourth-order valence-corrected chi connectivity index (χ4v) is 5.21. The summed E-state index contributed by atoms with van der Waals surface area (Å²) in [4.78, 5) is 66.8. The number of carbonyl (C=O) groups is 5. The molecule has 4 amide bonds. The van der Waals surface area contributed by atoms with Gasteiger partial charge in [-0.2, -0.15) is 0 Å². The van der Waals surface area contributed by atoms with Crippen LogP contribution in [-0.2, 0) is 30.4 Å². The van der Waals surface area contributed by atoms with E-state index in [1.54, 1.807) is 0 Å². The average Bonchev–Trinajstić information content (AvgIpc) is 3.60. The van der Waals surface area contributed by atoms with E-state index in [1.807, 2.05) is 30.3 Å². The van der Waals surface area contributed by atoms with Crippen LogP contribution in [0.25, 0.3) is 0 Å². The van der Waals surface area contributed by atoms with Crippen LogP contribution in [-0.4, -0.2) is 110 Å². The normalized spacial score (nSPS) is 22.6. The fraction of sp³-hybridized carbons (Fsp3) is 0.593. The number of amides is 4. The Bertz CT molecular complexity index is 1080. The molecular weight excluding hydrogens is 522 g/mol. The Hall–Kier alpha value is -3.55. The van der Waals surface area contributed by atoms with Crippen molar-refractivity contribution in [2.24, 2.45) is 5.73 Å². The molecule has 1 aromatic carbocycles. The van der Waals surface area contributed by atoms with Gasteiger partial charge in [0.05, 0.1) is 18.2 Å². The molecule has 0 unspecified atom stereocenters. The Balaban J connectivity index is 1.69. The molecule has 220 valence electrons. The van der Waals surface area contributed by atoms with Crippen LogP contribution in [0.4, 0.5) is 0 Å². The molecule has 13 nitrogen and oxygen atoms in total. The standard InChI is InChI=1S/C27H39N5O8/c1-15(33)21(29-23(35)18(28)14-17-8-4-3-5-9-17)26(38)32-13-7-11-20(32)25(37)31-12-6-10-19(31)24(36)30-22(16(2)34)27(39)40/h3-5,8-9,15-16,18-22,33-34H,6-7,10-14,28H2,1-2H3,(H,29,35)(H,30,36)(H,39,40)/t15-,16-,18+,19+,20+,21+,22+/m1/s1. The zero-order chi connectivity index (χ0) is 29.6. The third kappa shape index (κ3) is 7.34. The molecule has 2 fully saturated rings. The zero-order valence-corrected chi connectivity index (χ0v) is 22.7. The minimum Gasteiger partial charge on any atom is -0.480 e. The molecule has 13 heteroatoms. The molecule has 0 spiro atoms. The van der Waals surface area contributed by atoms with Crippen molar-refractivity contribution in [1.82, 2.24) is 20.4 Å². The van der Waals surface area contributed by atoms with Crippen LogP contribution in [0, 0.1) is 0 Å². The molecule has 0 saturated carbocycles. The Labute approximate surface area is 232 Å². The second-order valence-corrected chi connectivity index (χ2v) is 10.5. The second-order valence-electron chi connectivity index (χ2n) is 10.5. The minimum atomic E-state index is -1.53. The Morgan fingerprint density at radius 2 is 1.48 bits per heavy atom. The molecule has 2 heterocycles. The van der Waals surface area contributed by atoms with E-state index >= 15 is 0 Å². The van der Waals surface area contributed by atoms with Crippen LogP contribution >= 0.6 is 0 Å². The van der Waals surface area contributed by atoms with Gasteiger partial charge >= 0.3 is 5.97 Å². The van der Waals surface area contributed by atoms with Crippen molar-refractivity contribution in [2.45, 2.75) is 88.4 Å². The Morgan fingerprint density at radius 3 is 2.05 bits per heavy atom. The van der Waals surface area contributed by atoms with Crippen LogP contribution in [0.1, 0.15) is 45.1 Å². The maximum Gasteiger partial charge on any atom is 0.328 e. The molecular formula is C27H39N5O8.